The van der Waals surface area contributed by atoms with E-state index >= 15 is 0 Å². The summed E-state index contributed by atoms with van der Waals surface area (Å²) in [5, 5.41) is 9.95. The van der Waals surface area contributed by atoms with Crippen LogP contribution in [0.2, 0.25) is 0 Å². The van der Waals surface area contributed by atoms with Gasteiger partial charge in [-0.15, -0.1) is 0 Å². The van der Waals surface area contributed by atoms with Crippen LogP contribution in [-0.4, -0.2) is 46.3 Å². The molecule has 208 valence electrons. The number of hydrogen-bond donors (Lipinski definition) is 2. The van der Waals surface area contributed by atoms with Crippen LogP contribution in [0.3, 0.4) is 0 Å². The molecule has 0 aliphatic carbocycles. The van der Waals surface area contributed by atoms with Gasteiger partial charge in [0.25, 0.3) is 0 Å². The van der Waals surface area contributed by atoms with Gasteiger partial charge in [0.15, 0.2) is 0 Å². The molecule has 0 saturated heterocycles. The van der Waals surface area contributed by atoms with E-state index in [-0.39, 0.29) is 12.2 Å². The Morgan fingerprint density at radius 3 is 2.27 bits per heavy atom. The first kappa shape index (κ1) is 28.2. The molecule has 0 saturated carbocycles. The Balaban J connectivity index is 1.55. The predicted molar refractivity (Wildman–Crippen MR) is 146 cm³/mol. The molecule has 0 radical (unpaired) electrons. The SMILES string of the molecule is COc1ccc(-n2nc(-c3ccccc3)cc2NC(=O)CN(C(=O)Nc2cccc(C(F)(F)F)c2)C(C)C)cc1. The zero-order valence-corrected chi connectivity index (χ0v) is 22.1. The lowest BCUT2D eigenvalue weighted by Crippen LogP contribution is -2.44. The Hall–Kier alpha value is -4.80. The highest BCUT2D eigenvalue weighted by molar-refractivity contribution is 5.97. The van der Waals surface area contributed by atoms with Crippen LogP contribution in [0.15, 0.2) is 84.9 Å². The summed E-state index contributed by atoms with van der Waals surface area (Å²) in [7, 11) is 1.56. The average Bonchev–Trinajstić information content (AvgIpc) is 3.35. The number of benzene rings is 3. The largest absolute Gasteiger partial charge is 0.497 e. The molecule has 0 spiro atoms. The fraction of sp³-hybridized carbons (Fsp3) is 0.207. The molecular weight excluding hydrogens is 523 g/mol. The Morgan fingerprint density at radius 2 is 1.65 bits per heavy atom. The third kappa shape index (κ3) is 6.79. The van der Waals surface area contributed by atoms with Gasteiger partial charge in [0, 0.05) is 23.4 Å². The molecule has 2 N–H and O–H groups in total. The molecule has 3 amide bonds. The van der Waals surface area contributed by atoms with E-state index < -0.39 is 29.7 Å². The van der Waals surface area contributed by atoms with Gasteiger partial charge in [-0.1, -0.05) is 36.4 Å². The maximum atomic E-state index is 13.2. The molecular formula is C29H28F3N5O3. The summed E-state index contributed by atoms with van der Waals surface area (Å²) in [6.07, 6.45) is -4.55. The van der Waals surface area contributed by atoms with Gasteiger partial charge in [-0.3, -0.25) is 4.79 Å². The summed E-state index contributed by atoms with van der Waals surface area (Å²) in [5.41, 5.74) is 1.21. The number of amides is 3. The van der Waals surface area contributed by atoms with Gasteiger partial charge in [-0.05, 0) is 56.3 Å². The average molecular weight is 552 g/mol. The quantitative estimate of drug-likeness (QED) is 0.264. The Labute approximate surface area is 229 Å². The van der Waals surface area contributed by atoms with Crippen molar-refractivity contribution in [2.24, 2.45) is 0 Å². The molecule has 0 fully saturated rings. The Bertz CT molecular complexity index is 1470. The van der Waals surface area contributed by atoms with Gasteiger partial charge in [0.1, 0.15) is 18.1 Å². The van der Waals surface area contributed by atoms with Crippen LogP contribution in [0.1, 0.15) is 19.4 Å². The zero-order chi connectivity index (χ0) is 28.9. The number of aromatic nitrogens is 2. The van der Waals surface area contributed by atoms with Gasteiger partial charge in [-0.25, -0.2) is 9.48 Å². The van der Waals surface area contributed by atoms with E-state index in [1.807, 2.05) is 30.3 Å². The van der Waals surface area contributed by atoms with Crippen LogP contribution in [-0.2, 0) is 11.0 Å². The monoisotopic (exact) mass is 551 g/mol. The molecule has 3 aromatic carbocycles. The van der Waals surface area contributed by atoms with E-state index in [0.29, 0.717) is 22.9 Å². The van der Waals surface area contributed by atoms with Gasteiger partial charge in [0.05, 0.1) is 24.1 Å². The van der Waals surface area contributed by atoms with Crippen molar-refractivity contribution < 1.29 is 27.5 Å². The number of nitrogens with one attached hydrogen (secondary N) is 2. The third-order valence-electron chi connectivity index (χ3n) is 6.00. The molecule has 4 aromatic rings. The van der Waals surface area contributed by atoms with Gasteiger partial charge >= 0.3 is 12.2 Å². The minimum atomic E-state index is -4.55. The zero-order valence-electron chi connectivity index (χ0n) is 22.1. The van der Waals surface area contributed by atoms with E-state index in [2.05, 4.69) is 15.7 Å². The van der Waals surface area contributed by atoms with E-state index in [1.165, 1.54) is 17.0 Å². The second-order valence-electron chi connectivity index (χ2n) is 9.17. The van der Waals surface area contributed by atoms with Crippen LogP contribution >= 0.6 is 0 Å². The molecule has 0 unspecified atom stereocenters. The van der Waals surface area contributed by atoms with E-state index in [1.54, 1.807) is 56.0 Å². The van der Waals surface area contributed by atoms with Gasteiger partial charge in [-0.2, -0.15) is 18.3 Å². The smallest absolute Gasteiger partial charge is 0.416 e. The summed E-state index contributed by atoms with van der Waals surface area (Å²) in [4.78, 5) is 27.3. The molecule has 0 aliphatic rings. The van der Waals surface area contributed by atoms with Gasteiger partial charge in [0.2, 0.25) is 5.91 Å². The van der Waals surface area contributed by atoms with Crippen molar-refractivity contribution in [2.45, 2.75) is 26.1 Å². The van der Waals surface area contributed by atoms with E-state index in [9.17, 15) is 22.8 Å². The third-order valence-corrected chi connectivity index (χ3v) is 6.00. The lowest BCUT2D eigenvalue weighted by Gasteiger charge is -2.26. The number of rotatable bonds is 8. The number of halogens is 3. The van der Waals surface area contributed by atoms with E-state index in [4.69, 9.17) is 4.74 Å². The second kappa shape index (κ2) is 11.9. The highest BCUT2D eigenvalue weighted by atomic mass is 19.4. The highest BCUT2D eigenvalue weighted by Crippen LogP contribution is 2.31. The van der Waals surface area contributed by atoms with Crippen molar-refractivity contribution in [3.63, 3.8) is 0 Å². The van der Waals surface area contributed by atoms with Crippen LogP contribution in [0.25, 0.3) is 16.9 Å². The lowest BCUT2D eigenvalue weighted by atomic mass is 10.1. The topological polar surface area (TPSA) is 88.5 Å². The standard InChI is InChI=1S/C29H28F3N5O3/c1-19(2)36(28(39)33-22-11-7-10-21(16-22)29(30,31)32)18-27(38)34-26-17-25(20-8-5-4-6-9-20)35-37(26)23-12-14-24(40-3)15-13-23/h4-17,19H,18H2,1-3H3,(H,33,39)(H,34,38). The first-order valence-corrected chi connectivity index (χ1v) is 12.4. The minimum absolute atomic E-state index is 0.0315. The number of urea groups is 1. The Morgan fingerprint density at radius 1 is 0.950 bits per heavy atom. The fourth-order valence-corrected chi connectivity index (χ4v) is 3.93. The number of anilines is 2. The summed E-state index contributed by atoms with van der Waals surface area (Å²) in [5.74, 6) is 0.516. The maximum Gasteiger partial charge on any atom is 0.416 e. The minimum Gasteiger partial charge on any atom is -0.497 e. The van der Waals surface area contributed by atoms with Gasteiger partial charge < -0.3 is 20.3 Å². The molecule has 4 rings (SSSR count). The fourth-order valence-electron chi connectivity index (χ4n) is 3.93. The van der Waals surface area contributed by atoms with Crippen molar-refractivity contribution >= 4 is 23.4 Å². The first-order chi connectivity index (χ1) is 19.0. The van der Waals surface area contributed by atoms with Crippen molar-refractivity contribution in [3.05, 3.63) is 90.5 Å². The maximum absolute atomic E-state index is 13.2. The number of alkyl halides is 3. The molecule has 40 heavy (non-hydrogen) atoms. The van der Waals surface area contributed by atoms with Crippen LogP contribution in [0.5, 0.6) is 5.75 Å². The number of hydrogen-bond acceptors (Lipinski definition) is 4. The summed E-state index contributed by atoms with van der Waals surface area (Å²) in [6.45, 7) is 3.05. The number of nitrogens with zero attached hydrogens (tertiary/aromatic N) is 3. The second-order valence-corrected chi connectivity index (χ2v) is 9.17. The van der Waals surface area contributed by atoms with Crippen molar-refractivity contribution in [1.29, 1.82) is 0 Å². The van der Waals surface area contributed by atoms with Crippen LogP contribution < -0.4 is 15.4 Å². The molecule has 11 heteroatoms. The van der Waals surface area contributed by atoms with Crippen molar-refractivity contribution in [2.75, 3.05) is 24.3 Å². The van der Waals surface area contributed by atoms with Crippen LogP contribution in [0, 0.1) is 0 Å². The normalized spacial score (nSPS) is 11.3. The molecule has 0 bridgehead atoms. The molecule has 0 aliphatic heterocycles. The lowest BCUT2D eigenvalue weighted by molar-refractivity contribution is -0.137. The van der Waals surface area contributed by atoms with Crippen LogP contribution in [0.4, 0.5) is 29.5 Å². The predicted octanol–water partition coefficient (Wildman–Crippen LogP) is 6.45. The number of carbonyl (C=O) groups excluding carboxylic acids is 2. The summed E-state index contributed by atoms with van der Waals surface area (Å²) < 4.78 is 46.1. The summed E-state index contributed by atoms with van der Waals surface area (Å²) >= 11 is 0. The number of carbonyl (C=O) groups is 2. The van der Waals surface area contributed by atoms with E-state index in [0.717, 1.165) is 17.7 Å². The first-order valence-electron chi connectivity index (χ1n) is 12.4. The molecule has 0 atom stereocenters. The number of methoxy groups -OCH3 is 1. The van der Waals surface area contributed by atoms with Crippen molar-refractivity contribution in [3.8, 4) is 22.7 Å². The summed E-state index contributed by atoms with van der Waals surface area (Å²) in [6, 6.07) is 21.4. The molecule has 8 nitrogen and oxygen atoms in total. The Kier molecular flexibility index (Phi) is 8.42. The van der Waals surface area contributed by atoms with Crippen molar-refractivity contribution in [1.82, 2.24) is 14.7 Å². The molecule has 1 aromatic heterocycles. The number of ether oxygens (including phenoxy) is 1. The highest BCUT2D eigenvalue weighted by Gasteiger charge is 2.31. The molecule has 1 heterocycles.